The van der Waals surface area contributed by atoms with Gasteiger partial charge >= 0.3 is 0 Å². The highest BCUT2D eigenvalue weighted by atomic mass is 16.5. The Morgan fingerprint density at radius 1 is 1.11 bits per heavy atom. The van der Waals surface area contributed by atoms with Gasteiger partial charge in [-0.1, -0.05) is 12.1 Å². The number of anilines is 1. The Bertz CT molecular complexity index is 1100. The minimum Gasteiger partial charge on any atom is -0.493 e. The number of benzene rings is 1. The molecule has 2 aromatic rings. The van der Waals surface area contributed by atoms with Crippen molar-refractivity contribution < 1.29 is 9.47 Å². The fraction of sp³-hybridized carbons (Fsp3) is 0.190. The lowest BCUT2D eigenvalue weighted by atomic mass is 9.95. The summed E-state index contributed by atoms with van der Waals surface area (Å²) in [6.07, 6.45) is 1.92. The smallest absolute Gasteiger partial charge is 0.167 e. The number of para-hydroxylation sites is 1. The Kier molecular flexibility index (Phi) is 4.58. The number of pyridine rings is 1. The summed E-state index contributed by atoms with van der Waals surface area (Å²) in [5.74, 6) is 1.33. The monoisotopic (exact) mass is 358 g/mol. The Balaban J connectivity index is 2.35. The van der Waals surface area contributed by atoms with E-state index in [2.05, 4.69) is 17.1 Å². The largest absolute Gasteiger partial charge is 0.493 e. The maximum Gasteiger partial charge on any atom is 0.167 e. The maximum atomic E-state index is 9.63. The number of fused-ring (bicyclic) bond motifs is 1. The van der Waals surface area contributed by atoms with E-state index in [9.17, 15) is 10.5 Å². The first-order valence-electron chi connectivity index (χ1n) is 8.23. The summed E-state index contributed by atoms with van der Waals surface area (Å²) in [5, 5.41) is 19.1. The molecule has 0 aliphatic heterocycles. The van der Waals surface area contributed by atoms with Crippen molar-refractivity contribution in [2.24, 2.45) is 0 Å². The molecule has 0 saturated carbocycles. The first-order chi connectivity index (χ1) is 13.0. The Hall–Kier alpha value is -3.77. The molecule has 0 atom stereocenters. The van der Waals surface area contributed by atoms with Crippen LogP contribution in [0, 0.1) is 29.6 Å². The molecule has 0 radical (unpaired) electrons. The number of hydrogen-bond acceptors (Lipinski definition) is 6. The number of nitrogens with zero attached hydrogens (tertiary/aromatic N) is 3. The third kappa shape index (κ3) is 2.68. The van der Waals surface area contributed by atoms with Crippen LogP contribution in [0.4, 0.5) is 5.82 Å². The van der Waals surface area contributed by atoms with E-state index in [-0.39, 0.29) is 5.82 Å². The SMILES string of the molecule is COc1cccc(/C=C2\C(C)=C(C#N)c3nc(N)c(C#N)c(C)c32)c1OC. The summed E-state index contributed by atoms with van der Waals surface area (Å²) < 4.78 is 10.9. The number of nitrogen functional groups attached to an aromatic ring is 1. The molecule has 1 aliphatic rings. The van der Waals surface area contributed by atoms with E-state index in [4.69, 9.17) is 15.2 Å². The highest BCUT2D eigenvalue weighted by Crippen LogP contribution is 2.45. The van der Waals surface area contributed by atoms with Crippen molar-refractivity contribution in [2.45, 2.75) is 13.8 Å². The van der Waals surface area contributed by atoms with Gasteiger partial charge in [0.25, 0.3) is 0 Å². The van der Waals surface area contributed by atoms with E-state index in [0.717, 1.165) is 22.3 Å². The van der Waals surface area contributed by atoms with Gasteiger partial charge in [0.1, 0.15) is 18.0 Å². The lowest BCUT2D eigenvalue weighted by Crippen LogP contribution is -2.03. The number of nitriles is 2. The Morgan fingerprint density at radius 3 is 2.44 bits per heavy atom. The van der Waals surface area contributed by atoms with E-state index in [0.29, 0.717) is 33.9 Å². The second-order valence-corrected chi connectivity index (χ2v) is 6.09. The van der Waals surface area contributed by atoms with Crippen molar-refractivity contribution in [1.29, 1.82) is 10.5 Å². The first kappa shape index (κ1) is 18.0. The van der Waals surface area contributed by atoms with Crippen molar-refractivity contribution in [3.8, 4) is 23.6 Å². The molecule has 1 aromatic carbocycles. The van der Waals surface area contributed by atoms with E-state index < -0.39 is 0 Å². The third-order valence-electron chi connectivity index (χ3n) is 4.72. The zero-order valence-corrected chi connectivity index (χ0v) is 15.5. The molecule has 1 aromatic heterocycles. The second-order valence-electron chi connectivity index (χ2n) is 6.09. The van der Waals surface area contributed by atoms with Gasteiger partial charge in [0.05, 0.1) is 31.1 Å². The summed E-state index contributed by atoms with van der Waals surface area (Å²) >= 11 is 0. The van der Waals surface area contributed by atoms with Gasteiger partial charge in [0, 0.05) is 11.1 Å². The molecule has 27 heavy (non-hydrogen) atoms. The average Bonchev–Trinajstić information content (AvgIpc) is 2.92. The third-order valence-corrected chi connectivity index (χ3v) is 4.72. The van der Waals surface area contributed by atoms with Crippen molar-refractivity contribution in [3.05, 3.63) is 51.7 Å². The predicted molar refractivity (Wildman–Crippen MR) is 104 cm³/mol. The molecule has 134 valence electrons. The molecule has 0 bridgehead atoms. The Morgan fingerprint density at radius 2 is 1.85 bits per heavy atom. The topological polar surface area (TPSA) is 105 Å². The van der Waals surface area contributed by atoms with Gasteiger partial charge in [-0.2, -0.15) is 10.5 Å². The number of ether oxygens (including phenoxy) is 2. The lowest BCUT2D eigenvalue weighted by molar-refractivity contribution is 0.354. The van der Waals surface area contributed by atoms with Crippen molar-refractivity contribution in [2.75, 3.05) is 20.0 Å². The van der Waals surface area contributed by atoms with Crippen LogP contribution in [0.3, 0.4) is 0 Å². The fourth-order valence-electron chi connectivity index (χ4n) is 3.38. The zero-order chi connectivity index (χ0) is 19.7. The standard InChI is InChI=1S/C21H18N4O2/c1-11-14(8-13-6-5-7-17(26-3)20(13)27-4)18-12(2)16(10-23)21(24)25-19(18)15(11)9-22/h5-8H,1-4H3,(H2,24,25)/b14-8+. The molecule has 0 unspecified atom stereocenters. The van der Waals surface area contributed by atoms with Gasteiger partial charge in [-0.15, -0.1) is 0 Å². The van der Waals surface area contributed by atoms with Gasteiger partial charge in [-0.25, -0.2) is 4.98 Å². The van der Waals surface area contributed by atoms with E-state index in [1.165, 1.54) is 0 Å². The van der Waals surface area contributed by atoms with Crippen molar-refractivity contribution in [3.63, 3.8) is 0 Å². The summed E-state index contributed by atoms with van der Waals surface area (Å²) in [4.78, 5) is 4.33. The fourth-order valence-corrected chi connectivity index (χ4v) is 3.38. The van der Waals surface area contributed by atoms with E-state index >= 15 is 0 Å². The molecule has 1 heterocycles. The first-order valence-corrected chi connectivity index (χ1v) is 8.23. The minimum absolute atomic E-state index is 0.134. The van der Waals surface area contributed by atoms with Crippen molar-refractivity contribution in [1.82, 2.24) is 4.98 Å². The molecule has 0 saturated heterocycles. The van der Waals surface area contributed by atoms with Crippen LogP contribution in [0.15, 0.2) is 23.8 Å². The molecular formula is C21H18N4O2. The summed E-state index contributed by atoms with van der Waals surface area (Å²) in [6, 6.07) is 9.89. The highest BCUT2D eigenvalue weighted by molar-refractivity contribution is 6.09. The van der Waals surface area contributed by atoms with Crippen LogP contribution in [0.25, 0.3) is 17.2 Å². The quantitative estimate of drug-likeness (QED) is 0.896. The molecule has 0 amide bonds. The zero-order valence-electron chi connectivity index (χ0n) is 15.5. The number of methoxy groups -OCH3 is 2. The molecule has 1 aliphatic carbocycles. The normalized spacial score (nSPS) is 13.9. The predicted octanol–water partition coefficient (Wildman–Crippen LogP) is 3.71. The van der Waals surface area contributed by atoms with Gasteiger partial charge in [-0.3, -0.25) is 0 Å². The minimum atomic E-state index is 0.134. The highest BCUT2D eigenvalue weighted by Gasteiger charge is 2.30. The van der Waals surface area contributed by atoms with Crippen LogP contribution >= 0.6 is 0 Å². The van der Waals surface area contributed by atoms with Crippen LogP contribution < -0.4 is 15.2 Å². The lowest BCUT2D eigenvalue weighted by Gasteiger charge is -2.13. The second kappa shape index (κ2) is 6.86. The van der Waals surface area contributed by atoms with Crippen LogP contribution in [0.1, 0.15) is 34.9 Å². The van der Waals surface area contributed by atoms with Crippen LogP contribution in [0.5, 0.6) is 11.5 Å². The van der Waals surface area contributed by atoms with Crippen LogP contribution in [0.2, 0.25) is 0 Å². The van der Waals surface area contributed by atoms with Gasteiger partial charge in [-0.05, 0) is 42.7 Å². The van der Waals surface area contributed by atoms with E-state index in [1.54, 1.807) is 14.2 Å². The van der Waals surface area contributed by atoms with Crippen LogP contribution in [-0.2, 0) is 0 Å². The van der Waals surface area contributed by atoms with E-state index in [1.807, 2.05) is 38.1 Å². The van der Waals surface area contributed by atoms with Gasteiger partial charge in [0.2, 0.25) is 0 Å². The molecular weight excluding hydrogens is 340 g/mol. The van der Waals surface area contributed by atoms with Gasteiger partial charge < -0.3 is 15.2 Å². The number of nitrogens with two attached hydrogens (primary N) is 1. The number of allylic oxidation sites excluding steroid dienone is 3. The molecule has 0 spiro atoms. The molecule has 3 rings (SSSR count). The maximum absolute atomic E-state index is 9.63. The number of hydrogen-bond donors (Lipinski definition) is 1. The molecule has 6 nitrogen and oxygen atoms in total. The molecule has 2 N–H and O–H groups in total. The summed E-state index contributed by atoms with van der Waals surface area (Å²) in [7, 11) is 3.15. The molecule has 0 fully saturated rings. The Labute approximate surface area is 157 Å². The average molecular weight is 358 g/mol. The van der Waals surface area contributed by atoms with Gasteiger partial charge in [0.15, 0.2) is 11.5 Å². The van der Waals surface area contributed by atoms with Crippen molar-refractivity contribution >= 4 is 23.0 Å². The number of rotatable bonds is 3. The number of aromatic nitrogens is 1. The summed E-state index contributed by atoms with van der Waals surface area (Å²) in [6.45, 7) is 3.68. The van der Waals surface area contributed by atoms with Crippen LogP contribution in [-0.4, -0.2) is 19.2 Å². The summed E-state index contributed by atoms with van der Waals surface area (Å²) in [5.41, 5.74) is 11.1. The molecule has 6 heteroatoms.